The van der Waals surface area contributed by atoms with Crippen LogP contribution in [0.2, 0.25) is 0 Å². The van der Waals surface area contributed by atoms with Crippen molar-refractivity contribution in [2.45, 2.75) is 31.9 Å². The molecule has 0 heterocycles. The second-order valence-electron chi connectivity index (χ2n) is 4.91. The molecule has 1 rings (SSSR count). The minimum absolute atomic E-state index is 0. The third-order valence-electron chi connectivity index (χ3n) is 2.49. The standard InChI is InChI=1S/C12H19NO2S.H2/c1-12(2,3)11-7-5-10(6-8-11)9-16(14,15)13-4;/h5-8,13H,9H2,1-4H3;1H. The fourth-order valence-corrected chi connectivity index (χ4v) is 2.17. The lowest BCUT2D eigenvalue weighted by Crippen LogP contribution is -2.20. The van der Waals surface area contributed by atoms with E-state index in [1.165, 1.54) is 12.6 Å². The molecule has 0 spiro atoms. The summed E-state index contributed by atoms with van der Waals surface area (Å²) in [6.45, 7) is 6.39. The van der Waals surface area contributed by atoms with Crippen molar-refractivity contribution in [1.29, 1.82) is 0 Å². The van der Waals surface area contributed by atoms with Crippen molar-refractivity contribution in [1.82, 2.24) is 4.72 Å². The van der Waals surface area contributed by atoms with Crippen molar-refractivity contribution >= 4 is 10.0 Å². The molecule has 1 aromatic carbocycles. The summed E-state index contributed by atoms with van der Waals surface area (Å²) in [5, 5.41) is 0. The Hall–Kier alpha value is -0.870. The van der Waals surface area contributed by atoms with Gasteiger partial charge >= 0.3 is 0 Å². The maximum Gasteiger partial charge on any atom is 0.215 e. The van der Waals surface area contributed by atoms with Crippen molar-refractivity contribution in [3.8, 4) is 0 Å². The van der Waals surface area contributed by atoms with E-state index < -0.39 is 10.0 Å². The third kappa shape index (κ3) is 3.61. The largest absolute Gasteiger partial charge is 0.218 e. The molecule has 0 saturated carbocycles. The predicted molar refractivity (Wildman–Crippen MR) is 68.9 cm³/mol. The van der Waals surface area contributed by atoms with E-state index in [1.54, 1.807) is 0 Å². The molecule has 0 fully saturated rings. The number of hydrogen-bond acceptors (Lipinski definition) is 2. The van der Waals surface area contributed by atoms with Crippen molar-refractivity contribution in [2.75, 3.05) is 7.05 Å². The molecule has 0 aromatic heterocycles. The molecule has 0 atom stereocenters. The number of sulfonamides is 1. The average molecular weight is 243 g/mol. The summed E-state index contributed by atoms with van der Waals surface area (Å²) >= 11 is 0. The lowest BCUT2D eigenvalue weighted by atomic mass is 9.87. The summed E-state index contributed by atoms with van der Waals surface area (Å²) in [6.07, 6.45) is 0. The first-order valence-corrected chi connectivity index (χ1v) is 6.90. The minimum Gasteiger partial charge on any atom is -0.218 e. The molecule has 0 aliphatic heterocycles. The summed E-state index contributed by atoms with van der Waals surface area (Å²) in [6, 6.07) is 7.71. The molecule has 0 amide bonds. The summed E-state index contributed by atoms with van der Waals surface area (Å²) < 4.78 is 25.0. The van der Waals surface area contributed by atoms with E-state index in [2.05, 4.69) is 25.5 Å². The average Bonchev–Trinajstić information content (AvgIpc) is 2.16. The van der Waals surface area contributed by atoms with Crippen LogP contribution in [0.25, 0.3) is 0 Å². The molecule has 1 aromatic rings. The van der Waals surface area contributed by atoms with Gasteiger partial charge in [0.2, 0.25) is 10.0 Å². The van der Waals surface area contributed by atoms with Crippen molar-refractivity contribution in [3.63, 3.8) is 0 Å². The van der Waals surface area contributed by atoms with Crippen LogP contribution in [-0.2, 0) is 21.2 Å². The summed E-state index contributed by atoms with van der Waals surface area (Å²) in [5.74, 6) is 0.0356. The first kappa shape index (κ1) is 13.2. The quantitative estimate of drug-likeness (QED) is 0.885. The Bertz CT molecular complexity index is 446. The Balaban J connectivity index is 0.00000256. The number of benzene rings is 1. The van der Waals surface area contributed by atoms with Crippen LogP contribution in [0.5, 0.6) is 0 Å². The lowest BCUT2D eigenvalue weighted by molar-refractivity contribution is 0.586. The predicted octanol–water partition coefficient (Wildman–Crippen LogP) is 2.28. The zero-order chi connectivity index (χ0) is 12.4. The second kappa shape index (κ2) is 4.55. The summed E-state index contributed by atoms with van der Waals surface area (Å²) in [7, 11) is -1.74. The van der Waals surface area contributed by atoms with Crippen LogP contribution in [0.3, 0.4) is 0 Å². The zero-order valence-electron chi connectivity index (χ0n) is 10.2. The normalized spacial score (nSPS) is 12.8. The van der Waals surface area contributed by atoms with Crippen LogP contribution in [0.15, 0.2) is 24.3 Å². The van der Waals surface area contributed by atoms with E-state index in [-0.39, 0.29) is 12.6 Å². The molecule has 0 saturated heterocycles. The molecule has 0 unspecified atom stereocenters. The highest BCUT2D eigenvalue weighted by molar-refractivity contribution is 7.88. The van der Waals surface area contributed by atoms with Crippen LogP contribution in [0.1, 0.15) is 33.3 Å². The molecule has 1 N–H and O–H groups in total. The Morgan fingerprint density at radius 1 is 1.19 bits per heavy atom. The van der Waals surface area contributed by atoms with Gasteiger partial charge in [-0.25, -0.2) is 13.1 Å². The maximum atomic E-state index is 11.3. The highest BCUT2D eigenvalue weighted by Gasteiger charge is 2.14. The third-order valence-corrected chi connectivity index (χ3v) is 3.82. The van der Waals surface area contributed by atoms with Crippen LogP contribution in [-0.4, -0.2) is 15.5 Å². The van der Waals surface area contributed by atoms with Crippen molar-refractivity contribution in [3.05, 3.63) is 35.4 Å². The van der Waals surface area contributed by atoms with Crippen molar-refractivity contribution < 1.29 is 9.84 Å². The number of hydrogen-bond donors (Lipinski definition) is 1. The smallest absolute Gasteiger partial charge is 0.215 e. The molecular weight excluding hydrogens is 222 g/mol. The molecule has 0 radical (unpaired) electrons. The SMILES string of the molecule is CNS(=O)(=O)Cc1ccc(C(C)(C)C)cc1.[HH]. The molecule has 16 heavy (non-hydrogen) atoms. The summed E-state index contributed by atoms with van der Waals surface area (Å²) in [4.78, 5) is 0. The minimum atomic E-state index is -3.17. The highest BCUT2D eigenvalue weighted by Crippen LogP contribution is 2.22. The Morgan fingerprint density at radius 3 is 2.06 bits per heavy atom. The van der Waals surface area contributed by atoms with Gasteiger partial charge in [-0.2, -0.15) is 0 Å². The molecule has 0 aliphatic rings. The van der Waals surface area contributed by atoms with Gasteiger partial charge in [-0.3, -0.25) is 0 Å². The molecule has 4 heteroatoms. The van der Waals surface area contributed by atoms with Gasteiger partial charge in [-0.15, -0.1) is 0 Å². The van der Waals surface area contributed by atoms with Gasteiger partial charge in [0.1, 0.15) is 0 Å². The molecule has 3 nitrogen and oxygen atoms in total. The Kier molecular flexibility index (Phi) is 3.76. The Labute approximate surface area is 99.4 Å². The fraction of sp³-hybridized carbons (Fsp3) is 0.500. The number of nitrogens with one attached hydrogen (secondary N) is 1. The van der Waals surface area contributed by atoms with Crippen LogP contribution in [0, 0.1) is 0 Å². The molecule has 0 aliphatic carbocycles. The first-order valence-electron chi connectivity index (χ1n) is 5.25. The lowest BCUT2D eigenvalue weighted by Gasteiger charge is -2.19. The van der Waals surface area contributed by atoms with Gasteiger partial charge in [0, 0.05) is 1.43 Å². The van der Waals surface area contributed by atoms with Gasteiger partial charge in [0.15, 0.2) is 0 Å². The van der Waals surface area contributed by atoms with Gasteiger partial charge in [-0.05, 0) is 23.6 Å². The van der Waals surface area contributed by atoms with Crippen molar-refractivity contribution in [2.24, 2.45) is 0 Å². The van der Waals surface area contributed by atoms with Gasteiger partial charge < -0.3 is 0 Å². The van der Waals surface area contributed by atoms with E-state index in [0.29, 0.717) is 0 Å². The summed E-state index contributed by atoms with van der Waals surface area (Å²) in [5.41, 5.74) is 2.11. The van der Waals surface area contributed by atoms with E-state index >= 15 is 0 Å². The van der Waals surface area contributed by atoms with E-state index in [9.17, 15) is 8.42 Å². The molecular formula is C12H21NO2S. The zero-order valence-corrected chi connectivity index (χ0v) is 11.1. The fourth-order valence-electron chi connectivity index (χ4n) is 1.39. The van der Waals surface area contributed by atoms with E-state index in [4.69, 9.17) is 0 Å². The van der Waals surface area contributed by atoms with Gasteiger partial charge in [0.05, 0.1) is 5.75 Å². The highest BCUT2D eigenvalue weighted by atomic mass is 32.2. The van der Waals surface area contributed by atoms with Gasteiger partial charge in [0.25, 0.3) is 0 Å². The van der Waals surface area contributed by atoms with Crippen LogP contribution in [0.4, 0.5) is 0 Å². The van der Waals surface area contributed by atoms with E-state index in [1.807, 2.05) is 24.3 Å². The van der Waals surface area contributed by atoms with Gasteiger partial charge in [-0.1, -0.05) is 45.0 Å². The topological polar surface area (TPSA) is 46.2 Å². The Morgan fingerprint density at radius 2 is 1.69 bits per heavy atom. The monoisotopic (exact) mass is 243 g/mol. The number of rotatable bonds is 3. The molecule has 0 bridgehead atoms. The van der Waals surface area contributed by atoms with E-state index in [0.717, 1.165) is 5.56 Å². The van der Waals surface area contributed by atoms with Crippen LogP contribution < -0.4 is 4.72 Å². The maximum absolute atomic E-state index is 11.3. The molecule has 92 valence electrons. The first-order chi connectivity index (χ1) is 7.24. The van der Waals surface area contributed by atoms with Crippen LogP contribution >= 0.6 is 0 Å². The second-order valence-corrected chi connectivity index (χ2v) is 6.84.